The Hall–Kier alpha value is -0.280. The van der Waals surface area contributed by atoms with Gasteiger partial charge in [-0.25, -0.2) is 0 Å². The van der Waals surface area contributed by atoms with Gasteiger partial charge in [-0.05, 0) is 37.6 Å². The zero-order valence-corrected chi connectivity index (χ0v) is 11.8. The largest absolute Gasteiger partial charge is 0.342 e. The highest BCUT2D eigenvalue weighted by Crippen LogP contribution is 2.33. The maximum absolute atomic E-state index is 12.3. The van der Waals surface area contributed by atoms with Crippen molar-refractivity contribution in [3.63, 3.8) is 0 Å². The smallest absolute Gasteiger partial charge is 0.227 e. The van der Waals surface area contributed by atoms with Crippen LogP contribution in [0.4, 0.5) is 0 Å². The molecule has 0 aromatic carbocycles. The molecular formula is C13H25ClN2O. The van der Waals surface area contributed by atoms with Crippen LogP contribution in [0.15, 0.2) is 0 Å². The molecule has 2 fully saturated rings. The van der Waals surface area contributed by atoms with Crippen LogP contribution in [0, 0.1) is 11.3 Å². The SMILES string of the molecule is CCC1(C)CCCN(C(=O)C2CCNC2)C1.Cl. The maximum atomic E-state index is 12.3. The van der Waals surface area contributed by atoms with Crippen LogP contribution in [0.3, 0.4) is 0 Å². The third-order valence-electron chi connectivity index (χ3n) is 4.36. The number of hydrogen-bond acceptors (Lipinski definition) is 2. The van der Waals surface area contributed by atoms with Crippen molar-refractivity contribution >= 4 is 18.3 Å². The molecule has 2 heterocycles. The van der Waals surface area contributed by atoms with E-state index < -0.39 is 0 Å². The zero-order chi connectivity index (χ0) is 11.6. The van der Waals surface area contributed by atoms with Gasteiger partial charge in [0.15, 0.2) is 0 Å². The number of hydrogen-bond donors (Lipinski definition) is 1. The summed E-state index contributed by atoms with van der Waals surface area (Å²) in [7, 11) is 0. The Morgan fingerprint density at radius 2 is 2.29 bits per heavy atom. The van der Waals surface area contributed by atoms with Crippen LogP contribution in [0.25, 0.3) is 0 Å². The van der Waals surface area contributed by atoms with Crippen molar-refractivity contribution in [1.82, 2.24) is 10.2 Å². The first-order valence-corrected chi connectivity index (χ1v) is 6.64. The molecule has 0 aromatic heterocycles. The van der Waals surface area contributed by atoms with E-state index in [0.29, 0.717) is 11.3 Å². The van der Waals surface area contributed by atoms with E-state index in [9.17, 15) is 4.79 Å². The Bertz CT molecular complexity index is 266. The highest BCUT2D eigenvalue weighted by molar-refractivity contribution is 5.85. The average Bonchev–Trinajstić information content (AvgIpc) is 2.82. The minimum absolute atomic E-state index is 0. The fraction of sp³-hybridized carbons (Fsp3) is 0.923. The molecule has 2 unspecified atom stereocenters. The molecule has 4 heteroatoms. The monoisotopic (exact) mass is 260 g/mol. The van der Waals surface area contributed by atoms with Gasteiger partial charge in [0.1, 0.15) is 0 Å². The molecule has 1 amide bonds. The Morgan fingerprint density at radius 1 is 1.53 bits per heavy atom. The van der Waals surface area contributed by atoms with E-state index in [1.807, 2.05) is 0 Å². The van der Waals surface area contributed by atoms with Gasteiger partial charge in [0.05, 0.1) is 5.92 Å². The van der Waals surface area contributed by atoms with Gasteiger partial charge in [0, 0.05) is 19.6 Å². The average molecular weight is 261 g/mol. The summed E-state index contributed by atoms with van der Waals surface area (Å²) in [6, 6.07) is 0. The second kappa shape index (κ2) is 6.05. The fourth-order valence-electron chi connectivity index (χ4n) is 2.92. The number of carbonyl (C=O) groups is 1. The summed E-state index contributed by atoms with van der Waals surface area (Å²) in [6.07, 6.45) is 4.66. The minimum atomic E-state index is 0. The van der Waals surface area contributed by atoms with Crippen LogP contribution in [0.1, 0.15) is 39.5 Å². The number of likely N-dealkylation sites (tertiary alicyclic amines) is 1. The quantitative estimate of drug-likeness (QED) is 0.824. The molecule has 0 radical (unpaired) electrons. The van der Waals surface area contributed by atoms with E-state index in [4.69, 9.17) is 0 Å². The van der Waals surface area contributed by atoms with Gasteiger partial charge < -0.3 is 10.2 Å². The molecule has 0 aromatic rings. The molecule has 2 aliphatic heterocycles. The standard InChI is InChI=1S/C13H24N2O.ClH/c1-3-13(2)6-4-8-15(10-13)12(16)11-5-7-14-9-11;/h11,14H,3-10H2,1-2H3;1H. The third kappa shape index (κ3) is 3.35. The first-order chi connectivity index (χ1) is 7.64. The molecule has 3 nitrogen and oxygen atoms in total. The maximum Gasteiger partial charge on any atom is 0.227 e. The van der Waals surface area contributed by atoms with Crippen LogP contribution in [-0.2, 0) is 4.79 Å². The third-order valence-corrected chi connectivity index (χ3v) is 4.36. The number of halogens is 1. The van der Waals surface area contributed by atoms with Crippen molar-refractivity contribution in [2.75, 3.05) is 26.2 Å². The van der Waals surface area contributed by atoms with Crippen LogP contribution in [-0.4, -0.2) is 37.0 Å². The van der Waals surface area contributed by atoms with Crippen molar-refractivity contribution in [1.29, 1.82) is 0 Å². The molecule has 0 spiro atoms. The summed E-state index contributed by atoms with van der Waals surface area (Å²) in [4.78, 5) is 14.4. The summed E-state index contributed by atoms with van der Waals surface area (Å²) in [5.74, 6) is 0.642. The number of amides is 1. The molecule has 17 heavy (non-hydrogen) atoms. The number of carbonyl (C=O) groups excluding carboxylic acids is 1. The first kappa shape index (κ1) is 14.8. The first-order valence-electron chi connectivity index (χ1n) is 6.64. The number of rotatable bonds is 2. The van der Waals surface area contributed by atoms with E-state index >= 15 is 0 Å². The molecule has 2 atom stereocenters. The number of nitrogens with one attached hydrogen (secondary N) is 1. The van der Waals surface area contributed by atoms with Crippen LogP contribution < -0.4 is 5.32 Å². The van der Waals surface area contributed by atoms with Crippen LogP contribution in [0.2, 0.25) is 0 Å². The van der Waals surface area contributed by atoms with Gasteiger partial charge >= 0.3 is 0 Å². The fourth-order valence-corrected chi connectivity index (χ4v) is 2.92. The summed E-state index contributed by atoms with van der Waals surface area (Å²) >= 11 is 0. The Balaban J connectivity index is 0.00000144. The molecule has 2 rings (SSSR count). The summed E-state index contributed by atoms with van der Waals surface area (Å²) < 4.78 is 0. The second-order valence-electron chi connectivity index (χ2n) is 5.72. The normalized spacial score (nSPS) is 33.3. The van der Waals surface area contributed by atoms with Gasteiger partial charge in [-0.1, -0.05) is 13.8 Å². The number of piperidine rings is 1. The van der Waals surface area contributed by atoms with Crippen molar-refractivity contribution in [3.05, 3.63) is 0 Å². The van der Waals surface area contributed by atoms with Crippen LogP contribution in [0.5, 0.6) is 0 Å². The molecule has 2 saturated heterocycles. The van der Waals surface area contributed by atoms with Crippen molar-refractivity contribution < 1.29 is 4.79 Å². The van der Waals surface area contributed by atoms with Crippen molar-refractivity contribution in [3.8, 4) is 0 Å². The van der Waals surface area contributed by atoms with Crippen LogP contribution >= 0.6 is 12.4 Å². The Labute approximate surface area is 111 Å². The lowest BCUT2D eigenvalue weighted by Gasteiger charge is -2.41. The van der Waals surface area contributed by atoms with E-state index in [1.54, 1.807) is 0 Å². The van der Waals surface area contributed by atoms with E-state index in [2.05, 4.69) is 24.1 Å². The lowest BCUT2D eigenvalue weighted by molar-refractivity contribution is -0.138. The topological polar surface area (TPSA) is 32.3 Å². The van der Waals surface area contributed by atoms with Crippen molar-refractivity contribution in [2.24, 2.45) is 11.3 Å². The zero-order valence-electron chi connectivity index (χ0n) is 11.0. The Kier molecular flexibility index (Phi) is 5.26. The molecule has 0 bridgehead atoms. The predicted molar refractivity (Wildman–Crippen MR) is 72.4 cm³/mol. The lowest BCUT2D eigenvalue weighted by Crippen LogP contribution is -2.47. The van der Waals surface area contributed by atoms with Crippen molar-refractivity contribution in [2.45, 2.75) is 39.5 Å². The predicted octanol–water partition coefficient (Wildman–Crippen LogP) is 2.06. The highest BCUT2D eigenvalue weighted by atomic mass is 35.5. The molecule has 0 aliphatic carbocycles. The second-order valence-corrected chi connectivity index (χ2v) is 5.72. The molecule has 1 N–H and O–H groups in total. The minimum Gasteiger partial charge on any atom is -0.342 e. The van der Waals surface area contributed by atoms with Gasteiger partial charge in [-0.3, -0.25) is 4.79 Å². The summed E-state index contributed by atoms with van der Waals surface area (Å²) in [6.45, 7) is 8.40. The molecule has 0 saturated carbocycles. The van der Waals surface area contributed by atoms with E-state index in [0.717, 1.165) is 32.6 Å². The van der Waals surface area contributed by atoms with Gasteiger partial charge in [0.25, 0.3) is 0 Å². The van der Waals surface area contributed by atoms with E-state index in [-0.39, 0.29) is 18.3 Å². The number of nitrogens with zero attached hydrogens (tertiary/aromatic N) is 1. The van der Waals surface area contributed by atoms with Gasteiger partial charge in [-0.15, -0.1) is 12.4 Å². The summed E-state index contributed by atoms with van der Waals surface area (Å²) in [5.41, 5.74) is 0.361. The molecule has 2 aliphatic rings. The highest BCUT2D eigenvalue weighted by Gasteiger charge is 2.34. The molecule has 100 valence electrons. The molecular weight excluding hydrogens is 236 g/mol. The lowest BCUT2D eigenvalue weighted by atomic mass is 9.79. The van der Waals surface area contributed by atoms with Gasteiger partial charge in [0.2, 0.25) is 5.91 Å². The van der Waals surface area contributed by atoms with Gasteiger partial charge in [-0.2, -0.15) is 0 Å². The van der Waals surface area contributed by atoms with E-state index in [1.165, 1.54) is 19.3 Å². The Morgan fingerprint density at radius 3 is 2.88 bits per heavy atom. The summed E-state index contributed by atoms with van der Waals surface area (Å²) in [5, 5.41) is 3.28.